The van der Waals surface area contributed by atoms with Gasteiger partial charge in [-0.1, -0.05) is 13.3 Å². The van der Waals surface area contributed by atoms with Crippen molar-refractivity contribution in [3.8, 4) is 0 Å². The Morgan fingerprint density at radius 1 is 1.34 bits per heavy atom. The molecule has 0 saturated carbocycles. The van der Waals surface area contributed by atoms with Gasteiger partial charge < -0.3 is 32.4 Å². The highest BCUT2D eigenvalue weighted by Crippen LogP contribution is 2.17. The van der Waals surface area contributed by atoms with Gasteiger partial charge in [0, 0.05) is 12.6 Å². The quantitative estimate of drug-likeness (QED) is 0.0662. The van der Waals surface area contributed by atoms with Crippen LogP contribution in [0.15, 0.2) is 4.99 Å². The molecule has 1 rings (SSSR count). The zero-order valence-electron chi connectivity index (χ0n) is 16.7. The van der Waals surface area contributed by atoms with Crippen molar-refractivity contribution in [1.82, 2.24) is 10.8 Å². The highest BCUT2D eigenvalue weighted by atomic mass is 16.7. The minimum atomic E-state index is -2.34. The van der Waals surface area contributed by atoms with E-state index in [2.05, 4.69) is 15.8 Å². The van der Waals surface area contributed by atoms with Crippen molar-refractivity contribution in [2.24, 2.45) is 22.2 Å². The number of carbonyl (C=O) groups is 3. The van der Waals surface area contributed by atoms with Gasteiger partial charge in [-0.25, -0.2) is 9.59 Å². The van der Waals surface area contributed by atoms with Crippen LogP contribution in [0.3, 0.4) is 0 Å². The molecule has 0 spiro atoms. The monoisotopic (exact) mass is 416 g/mol. The molecule has 1 amide bonds. The molecule has 12 nitrogen and oxygen atoms in total. The lowest BCUT2D eigenvalue weighted by Gasteiger charge is -2.23. The Balaban J connectivity index is 2.40. The molecule has 0 radical (unpaired) electrons. The van der Waals surface area contributed by atoms with Crippen LogP contribution in [0.25, 0.3) is 0 Å². The van der Waals surface area contributed by atoms with Crippen LogP contribution in [-0.2, 0) is 24.0 Å². The van der Waals surface area contributed by atoms with E-state index in [0.29, 0.717) is 19.4 Å². The predicted molar refractivity (Wildman–Crippen MR) is 104 cm³/mol. The van der Waals surface area contributed by atoms with E-state index < -0.39 is 29.9 Å². The van der Waals surface area contributed by atoms with Gasteiger partial charge in [0.2, 0.25) is 11.4 Å². The number of nitrogens with two attached hydrogens (primary N) is 3. The number of ether oxygens (including phenoxy) is 1. The van der Waals surface area contributed by atoms with Gasteiger partial charge in [-0.2, -0.15) is 5.48 Å². The van der Waals surface area contributed by atoms with E-state index in [4.69, 9.17) is 26.8 Å². The summed E-state index contributed by atoms with van der Waals surface area (Å²) < 4.78 is 4.89. The lowest BCUT2D eigenvalue weighted by Crippen LogP contribution is -2.62. The molecule has 1 saturated heterocycles. The summed E-state index contributed by atoms with van der Waals surface area (Å²) in [5.74, 6) is -3.09. The summed E-state index contributed by atoms with van der Waals surface area (Å²) in [7, 11) is 0. The van der Waals surface area contributed by atoms with Crippen LogP contribution in [0.4, 0.5) is 0 Å². The first-order valence-corrected chi connectivity index (χ1v) is 9.61. The number of hydrogen-bond acceptors (Lipinski definition) is 8. The number of guanidine groups is 1. The van der Waals surface area contributed by atoms with Crippen molar-refractivity contribution in [3.05, 3.63) is 0 Å². The molecule has 29 heavy (non-hydrogen) atoms. The predicted octanol–water partition coefficient (Wildman–Crippen LogP) is -1.67. The van der Waals surface area contributed by atoms with Gasteiger partial charge in [0.1, 0.15) is 0 Å². The SMILES string of the molecule is CCCCOC(=O)[C@](N)(CNC(=O)C[C@H]1C[C@H](CCCN=C(N)N)NO1)C(=O)O. The Hall–Kier alpha value is -2.44. The van der Waals surface area contributed by atoms with Crippen LogP contribution < -0.4 is 28.0 Å². The Morgan fingerprint density at radius 3 is 2.69 bits per heavy atom. The largest absolute Gasteiger partial charge is 0.479 e. The minimum absolute atomic E-state index is 0.00200. The number of nitrogens with zero attached hydrogens (tertiary/aromatic N) is 1. The third kappa shape index (κ3) is 8.62. The molecule has 1 aliphatic rings. The highest BCUT2D eigenvalue weighted by Gasteiger charge is 2.44. The molecular formula is C17H32N6O6. The second-order valence-corrected chi connectivity index (χ2v) is 6.99. The summed E-state index contributed by atoms with van der Waals surface area (Å²) in [6.07, 6.45) is 3.11. The first-order valence-electron chi connectivity index (χ1n) is 9.61. The summed E-state index contributed by atoms with van der Waals surface area (Å²) in [5, 5.41) is 11.7. The molecule has 0 unspecified atom stereocenters. The van der Waals surface area contributed by atoms with Crippen molar-refractivity contribution in [1.29, 1.82) is 0 Å². The van der Waals surface area contributed by atoms with Crippen LogP contribution in [-0.4, -0.2) is 66.3 Å². The molecule has 0 aromatic rings. The van der Waals surface area contributed by atoms with Crippen molar-refractivity contribution < 1.29 is 29.1 Å². The maximum atomic E-state index is 12.1. The van der Waals surface area contributed by atoms with E-state index in [9.17, 15) is 19.5 Å². The fourth-order valence-corrected chi connectivity index (χ4v) is 2.64. The van der Waals surface area contributed by atoms with Gasteiger partial charge in [-0.15, -0.1) is 0 Å². The lowest BCUT2D eigenvalue weighted by molar-refractivity contribution is -0.160. The highest BCUT2D eigenvalue weighted by molar-refractivity contribution is 6.04. The van der Waals surface area contributed by atoms with E-state index in [1.165, 1.54) is 0 Å². The molecule has 1 fully saturated rings. The summed E-state index contributed by atoms with van der Waals surface area (Å²) in [6.45, 7) is 1.90. The number of carboxylic acid groups (broad SMARTS) is 1. The Morgan fingerprint density at radius 2 is 2.07 bits per heavy atom. The summed E-state index contributed by atoms with van der Waals surface area (Å²) >= 11 is 0. The van der Waals surface area contributed by atoms with Gasteiger partial charge in [-0.3, -0.25) is 14.6 Å². The summed E-state index contributed by atoms with van der Waals surface area (Å²) in [4.78, 5) is 44.8. The molecule has 0 aliphatic carbocycles. The number of carbonyl (C=O) groups excluding carboxylic acids is 2. The number of unbranched alkanes of at least 4 members (excludes halogenated alkanes) is 1. The third-order valence-corrected chi connectivity index (χ3v) is 4.41. The van der Waals surface area contributed by atoms with Gasteiger partial charge >= 0.3 is 11.9 Å². The molecule has 3 atom stereocenters. The first kappa shape index (κ1) is 24.6. The van der Waals surface area contributed by atoms with Crippen molar-refractivity contribution in [3.63, 3.8) is 0 Å². The minimum Gasteiger partial charge on any atom is -0.479 e. The third-order valence-electron chi connectivity index (χ3n) is 4.41. The molecule has 166 valence electrons. The fourth-order valence-electron chi connectivity index (χ4n) is 2.64. The Kier molecular flexibility index (Phi) is 10.3. The van der Waals surface area contributed by atoms with E-state index in [-0.39, 0.29) is 31.1 Å². The second-order valence-electron chi connectivity index (χ2n) is 6.99. The fraction of sp³-hybridized carbons (Fsp3) is 0.765. The van der Waals surface area contributed by atoms with Gasteiger partial charge in [-0.05, 0) is 25.7 Å². The summed E-state index contributed by atoms with van der Waals surface area (Å²) in [5.41, 5.74) is 16.7. The van der Waals surface area contributed by atoms with Crippen molar-refractivity contribution >= 4 is 23.8 Å². The molecule has 1 heterocycles. The topological polar surface area (TPSA) is 204 Å². The maximum Gasteiger partial charge on any atom is 0.339 e. The Bertz CT molecular complexity index is 597. The van der Waals surface area contributed by atoms with Crippen LogP contribution in [0.2, 0.25) is 0 Å². The number of hydroxylamine groups is 1. The number of esters is 1. The molecule has 0 aromatic carbocycles. The molecule has 1 aliphatic heterocycles. The van der Waals surface area contributed by atoms with Crippen LogP contribution in [0.5, 0.6) is 0 Å². The number of aliphatic imine (C=N–C) groups is 1. The van der Waals surface area contributed by atoms with E-state index in [1.807, 2.05) is 6.92 Å². The van der Waals surface area contributed by atoms with E-state index in [1.54, 1.807) is 0 Å². The van der Waals surface area contributed by atoms with Gasteiger partial charge in [0.05, 0.1) is 25.7 Å². The number of nitrogens with one attached hydrogen (secondary N) is 2. The zero-order chi connectivity index (χ0) is 21.9. The number of amides is 1. The Labute approximate surface area is 169 Å². The molecule has 12 heteroatoms. The first-order chi connectivity index (χ1) is 13.7. The van der Waals surface area contributed by atoms with Crippen molar-refractivity contribution in [2.75, 3.05) is 19.7 Å². The van der Waals surface area contributed by atoms with Crippen LogP contribution in [0, 0.1) is 0 Å². The molecule has 9 N–H and O–H groups in total. The average molecular weight is 416 g/mol. The number of carboxylic acids is 1. The zero-order valence-corrected chi connectivity index (χ0v) is 16.7. The second kappa shape index (κ2) is 12.2. The summed E-state index contributed by atoms with van der Waals surface area (Å²) in [6, 6.07) is 0.0585. The lowest BCUT2D eigenvalue weighted by atomic mass is 10.0. The van der Waals surface area contributed by atoms with Crippen LogP contribution >= 0.6 is 0 Å². The normalized spacial score (nSPS) is 20.5. The van der Waals surface area contributed by atoms with Crippen molar-refractivity contribution in [2.45, 2.75) is 63.1 Å². The number of aliphatic carboxylic acids is 1. The van der Waals surface area contributed by atoms with E-state index in [0.717, 1.165) is 19.3 Å². The maximum absolute atomic E-state index is 12.1. The molecule has 0 aromatic heterocycles. The number of rotatable bonds is 13. The molecular weight excluding hydrogens is 384 g/mol. The average Bonchev–Trinajstić information content (AvgIpc) is 3.10. The standard InChI is InChI=1S/C17H32N6O6/c1-2-3-7-28-15(27)17(20,14(25)26)10-22-13(24)9-12-8-11(23-29-12)5-4-6-21-16(18)19/h11-12,23H,2-10,20H2,1H3,(H,22,24)(H,25,26)(H4,18,19,21)/t11-,12+,17-/m0/s1. The molecule has 0 bridgehead atoms. The van der Waals surface area contributed by atoms with Crippen LogP contribution in [0.1, 0.15) is 45.4 Å². The smallest absolute Gasteiger partial charge is 0.339 e. The van der Waals surface area contributed by atoms with Gasteiger partial charge in [0.15, 0.2) is 5.96 Å². The van der Waals surface area contributed by atoms with E-state index >= 15 is 0 Å². The number of hydrogen-bond donors (Lipinski definition) is 6. The van der Waals surface area contributed by atoms with Gasteiger partial charge in [0.25, 0.3) is 0 Å².